The SMILES string of the molecule is COCc1nc(NCC(O)COCC(C)C)c2c(-c3ccccc3)csc2n1. The first kappa shape index (κ1) is 20.7. The summed E-state index contributed by atoms with van der Waals surface area (Å²) in [7, 11) is 1.63. The average molecular weight is 402 g/mol. The Morgan fingerprint density at radius 2 is 1.93 bits per heavy atom. The van der Waals surface area contributed by atoms with E-state index >= 15 is 0 Å². The van der Waals surface area contributed by atoms with Crippen molar-refractivity contribution in [3.8, 4) is 11.1 Å². The van der Waals surface area contributed by atoms with Gasteiger partial charge in [0, 0.05) is 31.2 Å². The number of benzene rings is 1. The summed E-state index contributed by atoms with van der Waals surface area (Å²) < 4.78 is 10.7. The van der Waals surface area contributed by atoms with Crippen molar-refractivity contribution in [3.63, 3.8) is 0 Å². The Morgan fingerprint density at radius 1 is 1.14 bits per heavy atom. The van der Waals surface area contributed by atoms with Crippen molar-refractivity contribution in [3.05, 3.63) is 41.5 Å². The number of hydrogen-bond donors (Lipinski definition) is 2. The largest absolute Gasteiger partial charge is 0.389 e. The third-order valence-corrected chi connectivity index (χ3v) is 4.98. The van der Waals surface area contributed by atoms with Crippen LogP contribution in [0.1, 0.15) is 19.7 Å². The minimum atomic E-state index is -0.617. The molecule has 2 aromatic heterocycles. The molecule has 0 aliphatic heterocycles. The molecule has 1 atom stereocenters. The monoisotopic (exact) mass is 401 g/mol. The van der Waals surface area contributed by atoms with Crippen molar-refractivity contribution >= 4 is 27.4 Å². The first-order valence-corrected chi connectivity index (χ1v) is 10.3. The highest BCUT2D eigenvalue weighted by molar-refractivity contribution is 7.17. The summed E-state index contributed by atoms with van der Waals surface area (Å²) in [6.07, 6.45) is -0.617. The van der Waals surface area contributed by atoms with Crippen molar-refractivity contribution in [2.24, 2.45) is 5.92 Å². The molecule has 1 unspecified atom stereocenters. The molecular weight excluding hydrogens is 374 g/mol. The lowest BCUT2D eigenvalue weighted by molar-refractivity contribution is 0.0317. The third-order valence-electron chi connectivity index (χ3n) is 4.10. The van der Waals surface area contributed by atoms with Gasteiger partial charge in [-0.05, 0) is 11.5 Å². The minimum Gasteiger partial charge on any atom is -0.389 e. The first-order valence-electron chi connectivity index (χ1n) is 9.40. The van der Waals surface area contributed by atoms with Gasteiger partial charge in [-0.15, -0.1) is 11.3 Å². The number of thiophene rings is 1. The van der Waals surface area contributed by atoms with Gasteiger partial charge in [0.15, 0.2) is 5.82 Å². The quantitative estimate of drug-likeness (QED) is 0.536. The van der Waals surface area contributed by atoms with Crippen LogP contribution in [0, 0.1) is 5.92 Å². The van der Waals surface area contributed by atoms with Crippen molar-refractivity contribution in [1.29, 1.82) is 0 Å². The van der Waals surface area contributed by atoms with Crippen LogP contribution in [0.15, 0.2) is 35.7 Å². The molecule has 0 spiro atoms. The molecule has 0 bridgehead atoms. The molecule has 28 heavy (non-hydrogen) atoms. The molecule has 150 valence electrons. The van der Waals surface area contributed by atoms with Crippen molar-refractivity contribution < 1.29 is 14.6 Å². The van der Waals surface area contributed by atoms with Gasteiger partial charge in [-0.2, -0.15) is 0 Å². The molecule has 0 saturated heterocycles. The van der Waals surface area contributed by atoms with Gasteiger partial charge in [0.05, 0.1) is 18.1 Å². The van der Waals surface area contributed by atoms with E-state index in [9.17, 15) is 5.11 Å². The van der Waals surface area contributed by atoms with Gasteiger partial charge >= 0.3 is 0 Å². The Kier molecular flexibility index (Phi) is 7.33. The summed E-state index contributed by atoms with van der Waals surface area (Å²) in [4.78, 5) is 10.2. The van der Waals surface area contributed by atoms with E-state index in [1.165, 1.54) is 0 Å². The number of nitrogens with zero attached hydrogens (tertiary/aromatic N) is 2. The Bertz CT molecular complexity index is 883. The van der Waals surface area contributed by atoms with E-state index in [1.54, 1.807) is 18.4 Å². The summed E-state index contributed by atoms with van der Waals surface area (Å²) in [6.45, 7) is 5.78. The predicted molar refractivity (Wildman–Crippen MR) is 114 cm³/mol. The van der Waals surface area contributed by atoms with Crippen LogP contribution in [0.4, 0.5) is 5.82 Å². The number of anilines is 1. The van der Waals surface area contributed by atoms with Gasteiger partial charge in [0.1, 0.15) is 17.3 Å². The van der Waals surface area contributed by atoms with E-state index in [2.05, 4.69) is 46.6 Å². The second kappa shape index (κ2) is 9.93. The van der Waals surface area contributed by atoms with Crippen LogP contribution in [0.3, 0.4) is 0 Å². The van der Waals surface area contributed by atoms with Crippen molar-refractivity contribution in [1.82, 2.24) is 9.97 Å². The highest BCUT2D eigenvalue weighted by atomic mass is 32.1. The van der Waals surface area contributed by atoms with E-state index in [-0.39, 0.29) is 0 Å². The van der Waals surface area contributed by atoms with Crippen molar-refractivity contribution in [2.45, 2.75) is 26.6 Å². The zero-order chi connectivity index (χ0) is 19.9. The normalized spacial score (nSPS) is 12.6. The number of hydrogen-bond acceptors (Lipinski definition) is 7. The second-order valence-corrected chi connectivity index (χ2v) is 7.94. The van der Waals surface area contributed by atoms with E-state index in [4.69, 9.17) is 9.47 Å². The zero-order valence-corrected chi connectivity index (χ0v) is 17.3. The van der Waals surface area contributed by atoms with Crippen LogP contribution in [0.2, 0.25) is 0 Å². The number of aliphatic hydroxyl groups excluding tert-OH is 1. The molecular formula is C21H27N3O3S. The van der Waals surface area contributed by atoms with Crippen LogP contribution < -0.4 is 5.32 Å². The lowest BCUT2D eigenvalue weighted by Gasteiger charge is -2.15. The molecule has 0 saturated carbocycles. The maximum atomic E-state index is 10.3. The maximum absolute atomic E-state index is 10.3. The molecule has 6 nitrogen and oxygen atoms in total. The van der Waals surface area contributed by atoms with Gasteiger partial charge < -0.3 is 19.9 Å². The maximum Gasteiger partial charge on any atom is 0.158 e. The van der Waals surface area contributed by atoms with Crippen LogP contribution in [-0.2, 0) is 16.1 Å². The zero-order valence-electron chi connectivity index (χ0n) is 16.5. The van der Waals surface area contributed by atoms with Gasteiger partial charge in [-0.25, -0.2) is 9.97 Å². The number of ether oxygens (including phenoxy) is 2. The molecule has 0 aliphatic rings. The average Bonchev–Trinajstić information content (AvgIpc) is 3.11. The Hall–Kier alpha value is -2.06. The van der Waals surface area contributed by atoms with Gasteiger partial charge in [0.25, 0.3) is 0 Å². The topological polar surface area (TPSA) is 76.5 Å². The van der Waals surface area contributed by atoms with E-state index in [1.807, 2.05) is 18.2 Å². The summed E-state index contributed by atoms with van der Waals surface area (Å²) in [5.74, 6) is 1.77. The third kappa shape index (κ3) is 5.26. The Labute approximate surface area is 169 Å². The standard InChI is InChI=1S/C21H27N3O3S/c1-14(2)10-27-11-16(25)9-22-20-19-17(15-7-5-4-6-8-15)13-28-21(19)24-18(23-20)12-26-3/h4-8,13-14,16,25H,9-12H2,1-3H3,(H,22,23,24). The predicted octanol–water partition coefficient (Wildman–Crippen LogP) is 3.95. The molecule has 0 radical (unpaired) electrons. The van der Waals surface area contributed by atoms with E-state index < -0.39 is 6.10 Å². The molecule has 1 aromatic carbocycles. The summed E-state index contributed by atoms with van der Waals surface area (Å²) in [5, 5.41) is 16.6. The summed E-state index contributed by atoms with van der Waals surface area (Å²) in [6, 6.07) is 10.2. The van der Waals surface area contributed by atoms with Gasteiger partial charge in [-0.1, -0.05) is 44.2 Å². The highest BCUT2D eigenvalue weighted by Gasteiger charge is 2.16. The first-order chi connectivity index (χ1) is 13.6. The molecule has 3 rings (SSSR count). The summed E-state index contributed by atoms with van der Waals surface area (Å²) >= 11 is 1.58. The molecule has 2 heterocycles. The number of fused-ring (bicyclic) bond motifs is 1. The van der Waals surface area contributed by atoms with Gasteiger partial charge in [0.2, 0.25) is 0 Å². The molecule has 2 N–H and O–H groups in total. The number of rotatable bonds is 10. The Morgan fingerprint density at radius 3 is 2.64 bits per heavy atom. The smallest absolute Gasteiger partial charge is 0.158 e. The van der Waals surface area contributed by atoms with Crippen LogP contribution in [0.5, 0.6) is 0 Å². The second-order valence-electron chi connectivity index (χ2n) is 7.08. The molecule has 0 amide bonds. The fourth-order valence-electron chi connectivity index (χ4n) is 2.85. The molecule has 0 aliphatic carbocycles. The lowest BCUT2D eigenvalue weighted by atomic mass is 10.1. The fourth-order valence-corrected chi connectivity index (χ4v) is 3.82. The number of methoxy groups -OCH3 is 1. The lowest BCUT2D eigenvalue weighted by Crippen LogP contribution is -2.26. The Balaban J connectivity index is 1.85. The number of nitrogens with one attached hydrogen (secondary N) is 1. The van der Waals surface area contributed by atoms with Crippen LogP contribution >= 0.6 is 11.3 Å². The van der Waals surface area contributed by atoms with E-state index in [0.29, 0.717) is 43.9 Å². The van der Waals surface area contributed by atoms with Crippen molar-refractivity contribution in [2.75, 3.05) is 32.2 Å². The highest BCUT2D eigenvalue weighted by Crippen LogP contribution is 2.36. The molecule has 7 heteroatoms. The number of aliphatic hydroxyl groups is 1. The van der Waals surface area contributed by atoms with Crippen LogP contribution in [0.25, 0.3) is 21.3 Å². The molecule has 0 fully saturated rings. The fraction of sp³-hybridized carbons (Fsp3) is 0.429. The minimum absolute atomic E-state index is 0.291. The van der Waals surface area contributed by atoms with Gasteiger partial charge in [-0.3, -0.25) is 0 Å². The summed E-state index contributed by atoms with van der Waals surface area (Å²) in [5.41, 5.74) is 2.19. The molecule has 3 aromatic rings. The van der Waals surface area contributed by atoms with E-state index in [0.717, 1.165) is 21.3 Å². The number of aromatic nitrogens is 2. The van der Waals surface area contributed by atoms with Crippen LogP contribution in [-0.4, -0.2) is 48.0 Å².